The average Bonchev–Trinajstić information content (AvgIpc) is 2.60. The second-order valence-electron chi connectivity index (χ2n) is 4.35. The molecule has 1 aliphatic heterocycles. The van der Waals surface area contributed by atoms with Crippen LogP contribution < -0.4 is 4.72 Å². The van der Waals surface area contributed by atoms with E-state index in [1.165, 1.54) is 4.31 Å². The molecule has 94 valence electrons. The van der Waals surface area contributed by atoms with Crippen LogP contribution in [-0.2, 0) is 15.0 Å². The van der Waals surface area contributed by atoms with Gasteiger partial charge < -0.3 is 5.11 Å². The number of nitrogens with one attached hydrogen (secondary N) is 1. The van der Waals surface area contributed by atoms with E-state index in [9.17, 15) is 13.2 Å². The van der Waals surface area contributed by atoms with Crippen molar-refractivity contribution < 1.29 is 18.3 Å². The number of hydrogen-bond acceptors (Lipinski definition) is 3. The van der Waals surface area contributed by atoms with Gasteiger partial charge in [0.25, 0.3) is 10.2 Å². The van der Waals surface area contributed by atoms with E-state index in [-0.39, 0.29) is 13.1 Å². The predicted molar refractivity (Wildman–Crippen MR) is 59.1 cm³/mol. The summed E-state index contributed by atoms with van der Waals surface area (Å²) in [6.07, 6.45) is 1.07. The molecular weight excluding hydrogens is 232 g/mol. The Bertz CT molecular complexity index is 368. The molecule has 2 N–H and O–H groups in total. The minimum Gasteiger partial charge on any atom is -0.481 e. The quantitative estimate of drug-likeness (QED) is 0.720. The standard InChI is InChI=1S/C9H18N2O4S/c1-3-5-10-16(14,15)11-6-4-9(2,7-11)8(12)13/h10H,3-7H2,1-2H3,(H,12,13). The van der Waals surface area contributed by atoms with Gasteiger partial charge in [-0.25, -0.2) is 4.72 Å². The number of carbonyl (C=O) groups is 1. The maximum Gasteiger partial charge on any atom is 0.310 e. The Labute approximate surface area is 95.8 Å². The molecule has 1 aliphatic rings. The second-order valence-corrected chi connectivity index (χ2v) is 6.10. The van der Waals surface area contributed by atoms with Crippen LogP contribution in [-0.4, -0.2) is 43.4 Å². The van der Waals surface area contributed by atoms with Crippen LogP contribution in [0, 0.1) is 5.41 Å². The lowest BCUT2D eigenvalue weighted by Crippen LogP contribution is -2.41. The Kier molecular flexibility index (Phi) is 3.92. The average molecular weight is 250 g/mol. The highest BCUT2D eigenvalue weighted by molar-refractivity contribution is 7.87. The van der Waals surface area contributed by atoms with Crippen LogP contribution in [0.15, 0.2) is 0 Å². The molecule has 0 aromatic heterocycles. The first kappa shape index (κ1) is 13.4. The Hall–Kier alpha value is -0.660. The molecule has 1 saturated heterocycles. The summed E-state index contributed by atoms with van der Waals surface area (Å²) in [6.45, 7) is 4.13. The van der Waals surface area contributed by atoms with Gasteiger partial charge in [0.2, 0.25) is 0 Å². The van der Waals surface area contributed by atoms with Crippen molar-refractivity contribution in [2.24, 2.45) is 5.41 Å². The van der Waals surface area contributed by atoms with Crippen molar-refractivity contribution in [2.75, 3.05) is 19.6 Å². The van der Waals surface area contributed by atoms with Crippen molar-refractivity contribution in [1.82, 2.24) is 9.03 Å². The molecule has 16 heavy (non-hydrogen) atoms. The minimum absolute atomic E-state index is 0.0430. The fraction of sp³-hybridized carbons (Fsp3) is 0.889. The largest absolute Gasteiger partial charge is 0.481 e. The molecule has 0 bridgehead atoms. The summed E-state index contributed by atoms with van der Waals surface area (Å²) in [6, 6.07) is 0. The summed E-state index contributed by atoms with van der Waals surface area (Å²) < 4.78 is 27.1. The molecule has 0 aromatic rings. The van der Waals surface area contributed by atoms with Crippen LogP contribution in [0.1, 0.15) is 26.7 Å². The van der Waals surface area contributed by atoms with Crippen molar-refractivity contribution in [3.05, 3.63) is 0 Å². The van der Waals surface area contributed by atoms with E-state index < -0.39 is 21.6 Å². The third kappa shape index (κ3) is 2.72. The van der Waals surface area contributed by atoms with Crippen molar-refractivity contribution >= 4 is 16.2 Å². The van der Waals surface area contributed by atoms with Gasteiger partial charge in [-0.3, -0.25) is 4.79 Å². The Balaban J connectivity index is 2.69. The van der Waals surface area contributed by atoms with Crippen LogP contribution in [0.2, 0.25) is 0 Å². The Morgan fingerprint density at radius 2 is 2.19 bits per heavy atom. The van der Waals surface area contributed by atoms with Gasteiger partial charge in [0.15, 0.2) is 0 Å². The molecule has 1 unspecified atom stereocenters. The first-order valence-corrected chi connectivity index (χ1v) is 6.74. The van der Waals surface area contributed by atoms with E-state index in [4.69, 9.17) is 5.11 Å². The summed E-state index contributed by atoms with van der Waals surface area (Å²) in [5.41, 5.74) is -0.957. The lowest BCUT2D eigenvalue weighted by Gasteiger charge is -2.20. The SMILES string of the molecule is CCCNS(=O)(=O)N1CCC(C)(C(=O)O)C1. The Morgan fingerprint density at radius 1 is 1.56 bits per heavy atom. The number of carboxylic acid groups (broad SMARTS) is 1. The smallest absolute Gasteiger partial charge is 0.310 e. The molecule has 0 saturated carbocycles. The van der Waals surface area contributed by atoms with Crippen LogP contribution in [0.5, 0.6) is 0 Å². The summed E-state index contributed by atoms with van der Waals surface area (Å²) in [4.78, 5) is 11.0. The molecule has 1 atom stereocenters. The zero-order chi connectivity index (χ0) is 12.4. The van der Waals surface area contributed by atoms with Gasteiger partial charge in [0.1, 0.15) is 0 Å². The van der Waals surface area contributed by atoms with Crippen molar-refractivity contribution in [1.29, 1.82) is 0 Å². The maximum absolute atomic E-state index is 11.7. The highest BCUT2D eigenvalue weighted by atomic mass is 32.2. The number of nitrogens with zero attached hydrogens (tertiary/aromatic N) is 1. The van der Waals surface area contributed by atoms with Crippen LogP contribution in [0.3, 0.4) is 0 Å². The Morgan fingerprint density at radius 3 is 2.62 bits per heavy atom. The van der Waals surface area contributed by atoms with Gasteiger partial charge >= 0.3 is 5.97 Å². The number of aliphatic carboxylic acids is 1. The van der Waals surface area contributed by atoms with Gasteiger partial charge in [-0.2, -0.15) is 12.7 Å². The summed E-state index contributed by atoms with van der Waals surface area (Å²) in [7, 11) is -3.51. The van der Waals surface area contributed by atoms with E-state index in [0.29, 0.717) is 19.4 Å². The van der Waals surface area contributed by atoms with Gasteiger partial charge in [0.05, 0.1) is 5.41 Å². The molecule has 0 aliphatic carbocycles. The van der Waals surface area contributed by atoms with Crippen LogP contribution >= 0.6 is 0 Å². The highest BCUT2D eigenvalue weighted by Crippen LogP contribution is 2.31. The van der Waals surface area contributed by atoms with E-state index in [0.717, 1.165) is 0 Å². The normalized spacial score (nSPS) is 27.1. The summed E-state index contributed by atoms with van der Waals surface area (Å²) in [5.74, 6) is -0.944. The monoisotopic (exact) mass is 250 g/mol. The maximum atomic E-state index is 11.7. The molecule has 7 heteroatoms. The van der Waals surface area contributed by atoms with E-state index in [2.05, 4.69) is 4.72 Å². The van der Waals surface area contributed by atoms with Crippen LogP contribution in [0.25, 0.3) is 0 Å². The van der Waals surface area contributed by atoms with Crippen molar-refractivity contribution in [3.8, 4) is 0 Å². The second kappa shape index (κ2) is 4.68. The number of carboxylic acids is 1. The highest BCUT2D eigenvalue weighted by Gasteiger charge is 2.44. The number of rotatable bonds is 5. The molecule has 1 heterocycles. The first-order chi connectivity index (χ1) is 7.32. The molecule has 1 rings (SSSR count). The van der Waals surface area contributed by atoms with Crippen molar-refractivity contribution in [3.63, 3.8) is 0 Å². The predicted octanol–water partition coefficient (Wildman–Crippen LogP) is 0.0274. The first-order valence-electron chi connectivity index (χ1n) is 5.30. The van der Waals surface area contributed by atoms with Gasteiger partial charge in [-0.05, 0) is 19.8 Å². The zero-order valence-corrected chi connectivity index (χ0v) is 10.4. The van der Waals surface area contributed by atoms with E-state index in [1.807, 2.05) is 6.92 Å². The van der Waals surface area contributed by atoms with Crippen molar-refractivity contribution in [2.45, 2.75) is 26.7 Å². The molecule has 0 radical (unpaired) electrons. The van der Waals surface area contributed by atoms with E-state index in [1.54, 1.807) is 6.92 Å². The molecule has 0 amide bonds. The molecule has 0 aromatic carbocycles. The fourth-order valence-electron chi connectivity index (χ4n) is 1.62. The van der Waals surface area contributed by atoms with Crippen LogP contribution in [0.4, 0.5) is 0 Å². The summed E-state index contributed by atoms with van der Waals surface area (Å²) >= 11 is 0. The fourth-order valence-corrected chi connectivity index (χ4v) is 3.05. The third-order valence-electron chi connectivity index (χ3n) is 2.83. The van der Waals surface area contributed by atoms with E-state index >= 15 is 0 Å². The molecule has 6 nitrogen and oxygen atoms in total. The lowest BCUT2D eigenvalue weighted by atomic mass is 9.90. The zero-order valence-electron chi connectivity index (χ0n) is 9.56. The minimum atomic E-state index is -3.51. The third-order valence-corrected chi connectivity index (χ3v) is 4.39. The summed E-state index contributed by atoms with van der Waals surface area (Å²) in [5, 5.41) is 8.99. The van der Waals surface area contributed by atoms with Gasteiger partial charge in [0, 0.05) is 19.6 Å². The van der Waals surface area contributed by atoms with Gasteiger partial charge in [-0.1, -0.05) is 6.92 Å². The lowest BCUT2D eigenvalue weighted by molar-refractivity contribution is -0.146. The molecular formula is C9H18N2O4S. The molecule has 1 fully saturated rings. The number of hydrogen-bond donors (Lipinski definition) is 2. The topological polar surface area (TPSA) is 86.7 Å². The van der Waals surface area contributed by atoms with Gasteiger partial charge in [-0.15, -0.1) is 0 Å². The molecule has 0 spiro atoms.